The molecule has 108 valence electrons. The standard InChI is InChI=1S/C17H18N2O2/c1-17(18-2,16(20)21)11-19-14-9-5-3-7-12(14)13-8-4-6-10-15(13)19/h3-10,18H,11H2,1-2H3,(H,20,21). The van der Waals surface area contributed by atoms with Crippen molar-refractivity contribution in [2.75, 3.05) is 7.05 Å². The Labute approximate surface area is 123 Å². The molecule has 0 aliphatic carbocycles. The minimum absolute atomic E-state index is 0.368. The van der Waals surface area contributed by atoms with Crippen LogP contribution in [0.4, 0.5) is 0 Å². The van der Waals surface area contributed by atoms with Gasteiger partial charge < -0.3 is 15.0 Å². The lowest BCUT2D eigenvalue weighted by atomic mass is 10.0. The average molecular weight is 282 g/mol. The average Bonchev–Trinajstić information content (AvgIpc) is 2.82. The number of rotatable bonds is 4. The van der Waals surface area contributed by atoms with Gasteiger partial charge in [0.2, 0.25) is 0 Å². The summed E-state index contributed by atoms with van der Waals surface area (Å²) in [6.45, 7) is 2.08. The molecular formula is C17H18N2O2. The highest BCUT2D eigenvalue weighted by Gasteiger charge is 2.32. The molecule has 0 saturated heterocycles. The highest BCUT2D eigenvalue weighted by Crippen LogP contribution is 2.29. The minimum Gasteiger partial charge on any atom is -0.480 e. The Morgan fingerprint density at radius 3 is 2.00 bits per heavy atom. The van der Waals surface area contributed by atoms with Crippen molar-refractivity contribution >= 4 is 27.8 Å². The Hall–Kier alpha value is -2.33. The zero-order chi connectivity index (χ0) is 15.0. The third-order valence-electron chi connectivity index (χ3n) is 4.18. The molecule has 0 radical (unpaired) electrons. The van der Waals surface area contributed by atoms with Gasteiger partial charge in [-0.05, 0) is 26.1 Å². The summed E-state index contributed by atoms with van der Waals surface area (Å²) in [5.74, 6) is -0.855. The number of aromatic nitrogens is 1. The summed E-state index contributed by atoms with van der Waals surface area (Å²) in [6, 6.07) is 16.2. The first-order chi connectivity index (χ1) is 10.1. The van der Waals surface area contributed by atoms with Crippen LogP contribution in [0.1, 0.15) is 6.92 Å². The maximum absolute atomic E-state index is 11.6. The topological polar surface area (TPSA) is 54.3 Å². The van der Waals surface area contributed by atoms with Gasteiger partial charge in [-0.25, -0.2) is 0 Å². The smallest absolute Gasteiger partial charge is 0.325 e. The van der Waals surface area contributed by atoms with Crippen LogP contribution in [0.25, 0.3) is 21.8 Å². The summed E-state index contributed by atoms with van der Waals surface area (Å²) < 4.78 is 2.08. The Bertz CT molecular complexity index is 769. The van der Waals surface area contributed by atoms with E-state index in [2.05, 4.69) is 22.0 Å². The van der Waals surface area contributed by atoms with E-state index in [1.807, 2.05) is 36.4 Å². The van der Waals surface area contributed by atoms with Crippen LogP contribution in [-0.4, -0.2) is 28.2 Å². The third kappa shape index (κ3) is 2.08. The van der Waals surface area contributed by atoms with E-state index in [-0.39, 0.29) is 0 Å². The van der Waals surface area contributed by atoms with Crippen molar-refractivity contribution in [3.05, 3.63) is 48.5 Å². The van der Waals surface area contributed by atoms with E-state index in [1.54, 1.807) is 14.0 Å². The molecule has 3 rings (SSSR count). The Balaban J connectivity index is 2.27. The van der Waals surface area contributed by atoms with Gasteiger partial charge in [0.15, 0.2) is 0 Å². The van der Waals surface area contributed by atoms with Gasteiger partial charge in [-0.1, -0.05) is 36.4 Å². The lowest BCUT2D eigenvalue weighted by molar-refractivity contribution is -0.144. The fourth-order valence-corrected chi connectivity index (χ4v) is 2.74. The summed E-state index contributed by atoms with van der Waals surface area (Å²) in [7, 11) is 1.68. The van der Waals surface area contributed by atoms with E-state index >= 15 is 0 Å². The van der Waals surface area contributed by atoms with Crippen LogP contribution in [0.5, 0.6) is 0 Å². The van der Waals surface area contributed by atoms with Crippen LogP contribution in [-0.2, 0) is 11.3 Å². The molecule has 0 spiro atoms. The van der Waals surface area contributed by atoms with Gasteiger partial charge in [0.05, 0.1) is 6.54 Å². The molecule has 0 fully saturated rings. The second kappa shape index (κ2) is 4.90. The van der Waals surface area contributed by atoms with Crippen molar-refractivity contribution in [2.45, 2.75) is 19.0 Å². The number of carboxylic acid groups (broad SMARTS) is 1. The van der Waals surface area contributed by atoms with Crippen molar-refractivity contribution in [3.8, 4) is 0 Å². The number of para-hydroxylation sites is 2. The number of fused-ring (bicyclic) bond motifs is 3. The zero-order valence-corrected chi connectivity index (χ0v) is 12.1. The molecule has 3 aromatic rings. The molecule has 2 aromatic carbocycles. The summed E-state index contributed by atoms with van der Waals surface area (Å²) in [5.41, 5.74) is 1.10. The lowest BCUT2D eigenvalue weighted by Gasteiger charge is -2.25. The number of carbonyl (C=O) groups is 1. The molecule has 4 nitrogen and oxygen atoms in total. The Morgan fingerprint density at radius 1 is 1.10 bits per heavy atom. The first-order valence-electron chi connectivity index (χ1n) is 6.95. The predicted octanol–water partition coefficient (Wildman–Crippen LogP) is 2.86. The van der Waals surface area contributed by atoms with Crippen LogP contribution in [0.15, 0.2) is 48.5 Å². The van der Waals surface area contributed by atoms with E-state index in [4.69, 9.17) is 0 Å². The number of hydrogen-bond acceptors (Lipinski definition) is 2. The largest absolute Gasteiger partial charge is 0.480 e. The number of aliphatic carboxylic acids is 1. The molecule has 1 heterocycles. The highest BCUT2D eigenvalue weighted by atomic mass is 16.4. The summed E-state index contributed by atoms with van der Waals surface area (Å²) in [4.78, 5) is 11.6. The van der Waals surface area contributed by atoms with Crippen molar-refractivity contribution in [1.82, 2.24) is 9.88 Å². The van der Waals surface area contributed by atoms with Gasteiger partial charge in [0.1, 0.15) is 5.54 Å². The fraction of sp³-hybridized carbons (Fsp3) is 0.235. The van der Waals surface area contributed by atoms with Crippen molar-refractivity contribution < 1.29 is 9.90 Å². The quantitative estimate of drug-likeness (QED) is 0.773. The van der Waals surface area contributed by atoms with Gasteiger partial charge in [-0.2, -0.15) is 0 Å². The first-order valence-corrected chi connectivity index (χ1v) is 6.95. The van der Waals surface area contributed by atoms with Crippen LogP contribution in [0, 0.1) is 0 Å². The number of nitrogens with zero attached hydrogens (tertiary/aromatic N) is 1. The monoisotopic (exact) mass is 282 g/mol. The SMILES string of the molecule is CNC(C)(Cn1c2ccccc2c2ccccc21)C(=O)O. The van der Waals surface area contributed by atoms with Gasteiger partial charge in [0, 0.05) is 21.8 Å². The maximum Gasteiger partial charge on any atom is 0.325 e. The number of likely N-dealkylation sites (N-methyl/N-ethyl adjacent to an activating group) is 1. The van der Waals surface area contributed by atoms with Crippen molar-refractivity contribution in [1.29, 1.82) is 0 Å². The molecular weight excluding hydrogens is 264 g/mol. The van der Waals surface area contributed by atoms with E-state index in [0.717, 1.165) is 21.8 Å². The van der Waals surface area contributed by atoms with Crippen molar-refractivity contribution in [2.24, 2.45) is 0 Å². The second-order valence-electron chi connectivity index (χ2n) is 5.51. The number of benzene rings is 2. The minimum atomic E-state index is -1.01. The molecule has 0 aliphatic rings. The third-order valence-corrected chi connectivity index (χ3v) is 4.18. The summed E-state index contributed by atoms with van der Waals surface area (Å²) in [5, 5.41) is 14.7. The highest BCUT2D eigenvalue weighted by molar-refractivity contribution is 6.08. The predicted molar refractivity (Wildman–Crippen MR) is 84.5 cm³/mol. The van der Waals surface area contributed by atoms with Crippen molar-refractivity contribution in [3.63, 3.8) is 0 Å². The molecule has 0 bridgehead atoms. The van der Waals surface area contributed by atoms with Gasteiger partial charge in [0.25, 0.3) is 0 Å². The van der Waals surface area contributed by atoms with Gasteiger partial charge in [-0.3, -0.25) is 4.79 Å². The number of nitrogens with one attached hydrogen (secondary N) is 1. The van der Waals surface area contributed by atoms with E-state index in [1.165, 1.54) is 0 Å². The van der Waals surface area contributed by atoms with Crippen LogP contribution in [0.2, 0.25) is 0 Å². The molecule has 1 unspecified atom stereocenters. The number of carboxylic acids is 1. The molecule has 0 aliphatic heterocycles. The maximum atomic E-state index is 11.6. The van der Waals surface area contributed by atoms with Crippen LogP contribution >= 0.6 is 0 Å². The molecule has 1 atom stereocenters. The van der Waals surface area contributed by atoms with Crippen LogP contribution < -0.4 is 5.32 Å². The second-order valence-corrected chi connectivity index (χ2v) is 5.51. The zero-order valence-electron chi connectivity index (χ0n) is 12.1. The summed E-state index contributed by atoms with van der Waals surface area (Å²) >= 11 is 0. The Morgan fingerprint density at radius 2 is 1.57 bits per heavy atom. The molecule has 21 heavy (non-hydrogen) atoms. The first kappa shape index (κ1) is 13.6. The Kier molecular flexibility index (Phi) is 3.18. The normalized spacial score (nSPS) is 14.4. The fourth-order valence-electron chi connectivity index (χ4n) is 2.74. The number of hydrogen-bond donors (Lipinski definition) is 2. The molecule has 0 saturated carbocycles. The molecule has 0 amide bonds. The van der Waals surface area contributed by atoms with E-state index in [9.17, 15) is 9.90 Å². The van der Waals surface area contributed by atoms with E-state index in [0.29, 0.717) is 6.54 Å². The molecule has 4 heteroatoms. The van der Waals surface area contributed by atoms with Crippen LogP contribution in [0.3, 0.4) is 0 Å². The van der Waals surface area contributed by atoms with Gasteiger partial charge >= 0.3 is 5.97 Å². The molecule has 1 aromatic heterocycles. The van der Waals surface area contributed by atoms with Gasteiger partial charge in [-0.15, -0.1) is 0 Å². The summed E-state index contributed by atoms with van der Waals surface area (Å²) in [6.07, 6.45) is 0. The van der Waals surface area contributed by atoms with E-state index < -0.39 is 11.5 Å². The lowest BCUT2D eigenvalue weighted by Crippen LogP contribution is -2.50. The molecule has 2 N–H and O–H groups in total.